The van der Waals surface area contributed by atoms with E-state index in [0.29, 0.717) is 12.6 Å². The topological polar surface area (TPSA) is 32.3 Å². The average molecular weight is 224 g/mol. The lowest BCUT2D eigenvalue weighted by atomic mass is 10.0. The Bertz CT molecular complexity index is 295. The molecule has 0 radical (unpaired) electrons. The number of rotatable bonds is 3. The summed E-state index contributed by atoms with van der Waals surface area (Å²) in [6, 6.07) is 0.402. The van der Waals surface area contributed by atoms with E-state index in [-0.39, 0.29) is 22.9 Å². The Morgan fingerprint density at radius 1 is 1.31 bits per heavy atom. The highest BCUT2D eigenvalue weighted by Gasteiger charge is 2.69. The molecule has 0 aromatic heterocycles. The molecule has 1 aliphatic carbocycles. The minimum absolute atomic E-state index is 0.251. The van der Waals surface area contributed by atoms with Crippen molar-refractivity contribution in [2.24, 2.45) is 10.8 Å². The Hall–Kier alpha value is -0.570. The van der Waals surface area contributed by atoms with Crippen LogP contribution in [0.25, 0.3) is 0 Å². The molecule has 0 spiro atoms. The summed E-state index contributed by atoms with van der Waals surface area (Å²) in [4.78, 5) is 14.1. The minimum atomic E-state index is 0.251. The van der Waals surface area contributed by atoms with Crippen molar-refractivity contribution in [3.63, 3.8) is 0 Å². The molecule has 3 heteroatoms. The van der Waals surface area contributed by atoms with Crippen LogP contribution >= 0.6 is 0 Å². The number of hydrogen-bond acceptors (Lipinski definition) is 2. The van der Waals surface area contributed by atoms with Crippen LogP contribution in [0.2, 0.25) is 0 Å². The number of hydrogen-bond donors (Lipinski definition) is 1. The van der Waals surface area contributed by atoms with Crippen LogP contribution in [0.4, 0.5) is 0 Å². The Morgan fingerprint density at radius 2 is 1.88 bits per heavy atom. The largest absolute Gasteiger partial charge is 0.322 e. The van der Waals surface area contributed by atoms with Gasteiger partial charge in [0.05, 0.1) is 12.7 Å². The van der Waals surface area contributed by atoms with Crippen LogP contribution in [0.3, 0.4) is 0 Å². The van der Waals surface area contributed by atoms with E-state index < -0.39 is 0 Å². The molecule has 1 amide bonds. The Morgan fingerprint density at radius 3 is 2.31 bits per heavy atom. The van der Waals surface area contributed by atoms with Gasteiger partial charge in [-0.05, 0) is 17.3 Å². The van der Waals surface area contributed by atoms with Gasteiger partial charge < -0.3 is 4.90 Å². The standard InChI is InChI=1S/C13H24N2O/c1-6-7-9-14-8-10(16)15(9)11-12(2,3)13(11,4)5/h9,11,14H,6-8H2,1-5H3. The van der Waals surface area contributed by atoms with Gasteiger partial charge in [-0.1, -0.05) is 41.0 Å². The van der Waals surface area contributed by atoms with E-state index in [4.69, 9.17) is 0 Å². The first-order valence-corrected chi connectivity index (χ1v) is 6.38. The lowest BCUT2D eigenvalue weighted by Crippen LogP contribution is -2.41. The molecule has 92 valence electrons. The van der Waals surface area contributed by atoms with E-state index in [9.17, 15) is 4.79 Å². The highest BCUT2D eigenvalue weighted by atomic mass is 16.2. The molecule has 2 rings (SSSR count). The molecule has 16 heavy (non-hydrogen) atoms. The summed E-state index contributed by atoms with van der Waals surface area (Å²) in [5, 5.41) is 3.33. The number of nitrogens with one attached hydrogen (secondary N) is 1. The van der Waals surface area contributed by atoms with Crippen LogP contribution < -0.4 is 5.32 Å². The second-order valence-corrected chi connectivity index (χ2v) is 6.33. The molecule has 1 heterocycles. The van der Waals surface area contributed by atoms with Gasteiger partial charge in [-0.15, -0.1) is 0 Å². The maximum Gasteiger partial charge on any atom is 0.238 e. The molecule has 2 aliphatic rings. The Labute approximate surface area is 98.6 Å². The number of carbonyl (C=O) groups is 1. The first kappa shape index (κ1) is 11.9. The fourth-order valence-electron chi connectivity index (χ4n) is 3.26. The molecular formula is C13H24N2O. The predicted octanol–water partition coefficient (Wildman–Crippen LogP) is 1.98. The summed E-state index contributed by atoms with van der Waals surface area (Å²) >= 11 is 0. The summed E-state index contributed by atoms with van der Waals surface area (Å²) in [5.41, 5.74) is 0.501. The summed E-state index contributed by atoms with van der Waals surface area (Å²) in [7, 11) is 0. The van der Waals surface area contributed by atoms with Gasteiger partial charge in [-0.2, -0.15) is 0 Å². The van der Waals surface area contributed by atoms with Crippen molar-refractivity contribution in [2.75, 3.05) is 6.54 Å². The second kappa shape index (κ2) is 3.46. The Kier molecular flexibility index (Phi) is 2.57. The average Bonchev–Trinajstić information content (AvgIpc) is 2.45. The summed E-state index contributed by atoms with van der Waals surface area (Å²) in [5.74, 6) is 0.280. The molecule has 1 saturated carbocycles. The van der Waals surface area contributed by atoms with Crippen molar-refractivity contribution in [3.8, 4) is 0 Å². The van der Waals surface area contributed by atoms with Crippen molar-refractivity contribution in [1.29, 1.82) is 0 Å². The third kappa shape index (κ3) is 1.41. The molecule has 1 aliphatic heterocycles. The molecule has 0 bridgehead atoms. The van der Waals surface area contributed by atoms with Gasteiger partial charge in [0.25, 0.3) is 0 Å². The fourth-order valence-corrected chi connectivity index (χ4v) is 3.26. The molecule has 1 unspecified atom stereocenters. The minimum Gasteiger partial charge on any atom is -0.322 e. The first-order chi connectivity index (χ1) is 7.34. The normalized spacial score (nSPS) is 32.2. The highest BCUT2D eigenvalue weighted by Crippen LogP contribution is 2.65. The van der Waals surface area contributed by atoms with Gasteiger partial charge in [0.2, 0.25) is 5.91 Å². The molecule has 0 aromatic carbocycles. The first-order valence-electron chi connectivity index (χ1n) is 6.38. The van der Waals surface area contributed by atoms with E-state index in [1.807, 2.05) is 0 Å². The lowest BCUT2D eigenvalue weighted by Gasteiger charge is -2.26. The van der Waals surface area contributed by atoms with Gasteiger partial charge in [0.15, 0.2) is 0 Å². The van der Waals surface area contributed by atoms with E-state index in [0.717, 1.165) is 12.8 Å². The maximum absolute atomic E-state index is 12.0. The van der Waals surface area contributed by atoms with Gasteiger partial charge in [0.1, 0.15) is 0 Å². The molecular weight excluding hydrogens is 200 g/mol. The van der Waals surface area contributed by atoms with E-state index >= 15 is 0 Å². The van der Waals surface area contributed by atoms with Crippen LogP contribution in [0.15, 0.2) is 0 Å². The quantitative estimate of drug-likeness (QED) is 0.795. The SMILES string of the molecule is CCCC1NCC(=O)N1C1C(C)(C)C1(C)C. The molecule has 2 fully saturated rings. The van der Waals surface area contributed by atoms with Crippen LogP contribution in [-0.2, 0) is 4.79 Å². The highest BCUT2D eigenvalue weighted by molar-refractivity contribution is 5.81. The van der Waals surface area contributed by atoms with Crippen molar-refractivity contribution in [2.45, 2.75) is 59.7 Å². The number of amides is 1. The van der Waals surface area contributed by atoms with Crippen LogP contribution in [0, 0.1) is 10.8 Å². The van der Waals surface area contributed by atoms with Gasteiger partial charge >= 0.3 is 0 Å². The summed E-state index contributed by atoms with van der Waals surface area (Å²) < 4.78 is 0. The van der Waals surface area contributed by atoms with Gasteiger partial charge in [-0.3, -0.25) is 10.1 Å². The molecule has 3 nitrogen and oxygen atoms in total. The van der Waals surface area contributed by atoms with Crippen LogP contribution in [0.5, 0.6) is 0 Å². The second-order valence-electron chi connectivity index (χ2n) is 6.33. The zero-order valence-electron chi connectivity index (χ0n) is 11.1. The number of nitrogens with zero attached hydrogens (tertiary/aromatic N) is 1. The smallest absolute Gasteiger partial charge is 0.238 e. The van der Waals surface area contributed by atoms with E-state index in [1.165, 1.54) is 0 Å². The Balaban J connectivity index is 2.17. The maximum atomic E-state index is 12.0. The van der Waals surface area contributed by atoms with E-state index in [1.54, 1.807) is 0 Å². The van der Waals surface area contributed by atoms with Crippen molar-refractivity contribution >= 4 is 5.91 Å². The fraction of sp³-hybridized carbons (Fsp3) is 0.923. The van der Waals surface area contributed by atoms with Crippen LogP contribution in [-0.4, -0.2) is 29.6 Å². The number of carbonyl (C=O) groups excluding carboxylic acids is 1. The third-order valence-electron chi connectivity index (χ3n) is 4.90. The van der Waals surface area contributed by atoms with Gasteiger partial charge in [0, 0.05) is 6.04 Å². The molecule has 1 saturated heterocycles. The molecule has 0 aromatic rings. The van der Waals surface area contributed by atoms with Crippen molar-refractivity contribution in [1.82, 2.24) is 10.2 Å². The molecule has 1 atom stereocenters. The zero-order valence-corrected chi connectivity index (χ0v) is 11.1. The van der Waals surface area contributed by atoms with E-state index in [2.05, 4.69) is 44.8 Å². The summed E-state index contributed by atoms with van der Waals surface area (Å²) in [6.07, 6.45) is 2.45. The lowest BCUT2D eigenvalue weighted by molar-refractivity contribution is -0.129. The van der Waals surface area contributed by atoms with Crippen molar-refractivity contribution in [3.05, 3.63) is 0 Å². The third-order valence-corrected chi connectivity index (χ3v) is 4.90. The predicted molar refractivity (Wildman–Crippen MR) is 64.9 cm³/mol. The molecule has 1 N–H and O–H groups in total. The van der Waals surface area contributed by atoms with Gasteiger partial charge in [-0.25, -0.2) is 0 Å². The zero-order chi connectivity index (χ0) is 12.1. The summed E-state index contributed by atoms with van der Waals surface area (Å²) in [6.45, 7) is 11.8. The van der Waals surface area contributed by atoms with Crippen LogP contribution in [0.1, 0.15) is 47.5 Å². The monoisotopic (exact) mass is 224 g/mol. The van der Waals surface area contributed by atoms with Crippen molar-refractivity contribution < 1.29 is 4.79 Å².